The van der Waals surface area contributed by atoms with Gasteiger partial charge in [0.25, 0.3) is 0 Å². The van der Waals surface area contributed by atoms with E-state index in [9.17, 15) is 4.39 Å². The van der Waals surface area contributed by atoms with Gasteiger partial charge in [0.15, 0.2) is 5.96 Å². The predicted molar refractivity (Wildman–Crippen MR) is 82.3 cm³/mol. The second-order valence-electron chi connectivity index (χ2n) is 4.59. The Bertz CT molecular complexity index is 657. The van der Waals surface area contributed by atoms with E-state index in [0.717, 1.165) is 10.2 Å². The van der Waals surface area contributed by atoms with Crippen LogP contribution >= 0.6 is 15.9 Å². The van der Waals surface area contributed by atoms with E-state index in [2.05, 4.69) is 20.9 Å². The lowest BCUT2D eigenvalue weighted by atomic mass is 10.0. The average Bonchev–Trinajstić information content (AvgIpc) is 2.81. The molecule has 2 aromatic carbocycles. The van der Waals surface area contributed by atoms with Crippen LogP contribution in [-0.4, -0.2) is 12.5 Å². The highest BCUT2D eigenvalue weighted by Crippen LogP contribution is 2.33. The van der Waals surface area contributed by atoms with Crippen molar-refractivity contribution in [1.82, 2.24) is 0 Å². The molecule has 2 aromatic rings. The third kappa shape index (κ3) is 2.29. The number of anilines is 1. The summed E-state index contributed by atoms with van der Waals surface area (Å²) in [6, 6.07) is 14.5. The molecule has 0 saturated carbocycles. The molecule has 3 rings (SSSR count). The van der Waals surface area contributed by atoms with Gasteiger partial charge >= 0.3 is 0 Å². The van der Waals surface area contributed by atoms with Gasteiger partial charge < -0.3 is 10.6 Å². The fourth-order valence-electron chi connectivity index (χ4n) is 2.41. The Hall–Kier alpha value is -1.88. The van der Waals surface area contributed by atoms with Gasteiger partial charge in [-0.3, -0.25) is 4.99 Å². The molecule has 0 aliphatic carbocycles. The molecule has 1 heterocycles. The Kier molecular flexibility index (Phi) is 3.44. The Labute approximate surface area is 125 Å². The molecule has 1 aliphatic heterocycles. The van der Waals surface area contributed by atoms with E-state index in [4.69, 9.17) is 5.73 Å². The molecule has 102 valence electrons. The van der Waals surface area contributed by atoms with E-state index < -0.39 is 0 Å². The van der Waals surface area contributed by atoms with Crippen LogP contribution in [0.5, 0.6) is 0 Å². The molecule has 0 amide bonds. The van der Waals surface area contributed by atoms with Crippen molar-refractivity contribution in [1.29, 1.82) is 0 Å². The van der Waals surface area contributed by atoms with E-state index >= 15 is 0 Å². The first-order chi connectivity index (χ1) is 9.66. The SMILES string of the molecule is NC1=NCC(c2ccc(Br)cc2F)N1c1ccccc1. The van der Waals surface area contributed by atoms with Crippen molar-refractivity contribution in [3.05, 3.63) is 64.4 Å². The minimum atomic E-state index is -0.254. The number of para-hydroxylation sites is 1. The van der Waals surface area contributed by atoms with E-state index in [1.54, 1.807) is 6.07 Å². The zero-order chi connectivity index (χ0) is 14.1. The van der Waals surface area contributed by atoms with Crippen molar-refractivity contribution in [2.24, 2.45) is 10.7 Å². The predicted octanol–water partition coefficient (Wildman–Crippen LogP) is 3.46. The van der Waals surface area contributed by atoms with Crippen LogP contribution < -0.4 is 10.6 Å². The van der Waals surface area contributed by atoms with Crippen molar-refractivity contribution < 1.29 is 4.39 Å². The number of nitrogens with two attached hydrogens (primary N) is 1. The number of guanidine groups is 1. The number of rotatable bonds is 2. The molecule has 5 heteroatoms. The fraction of sp³-hybridized carbons (Fsp3) is 0.133. The molecule has 3 nitrogen and oxygen atoms in total. The molecule has 0 aromatic heterocycles. The lowest BCUT2D eigenvalue weighted by Crippen LogP contribution is -2.36. The van der Waals surface area contributed by atoms with Crippen molar-refractivity contribution in [3.8, 4) is 0 Å². The number of aliphatic imine (C=N–C) groups is 1. The molecule has 0 saturated heterocycles. The molecule has 0 spiro atoms. The maximum Gasteiger partial charge on any atom is 0.196 e. The number of hydrogen-bond donors (Lipinski definition) is 1. The van der Waals surface area contributed by atoms with Crippen molar-refractivity contribution in [2.75, 3.05) is 11.4 Å². The number of halogens is 2. The van der Waals surface area contributed by atoms with Gasteiger partial charge in [-0.05, 0) is 24.3 Å². The van der Waals surface area contributed by atoms with Gasteiger partial charge in [-0.1, -0.05) is 40.2 Å². The zero-order valence-electron chi connectivity index (χ0n) is 10.6. The molecule has 2 N–H and O–H groups in total. The summed E-state index contributed by atoms with van der Waals surface area (Å²) in [5, 5.41) is 0. The summed E-state index contributed by atoms with van der Waals surface area (Å²) in [5.41, 5.74) is 7.48. The minimum absolute atomic E-state index is 0.203. The summed E-state index contributed by atoms with van der Waals surface area (Å²) >= 11 is 3.27. The smallest absolute Gasteiger partial charge is 0.196 e. The van der Waals surface area contributed by atoms with Crippen molar-refractivity contribution in [2.45, 2.75) is 6.04 Å². The summed E-state index contributed by atoms with van der Waals surface area (Å²) < 4.78 is 14.9. The van der Waals surface area contributed by atoms with Crippen molar-refractivity contribution in [3.63, 3.8) is 0 Å². The van der Waals surface area contributed by atoms with Gasteiger partial charge in [0.05, 0.1) is 12.6 Å². The third-order valence-corrected chi connectivity index (χ3v) is 3.83. The molecular weight excluding hydrogens is 321 g/mol. The highest BCUT2D eigenvalue weighted by atomic mass is 79.9. The molecule has 0 fully saturated rings. The first-order valence-corrected chi connectivity index (χ1v) is 7.05. The maximum absolute atomic E-state index is 14.2. The lowest BCUT2D eigenvalue weighted by molar-refractivity contribution is 0.588. The summed E-state index contributed by atoms with van der Waals surface area (Å²) in [5.74, 6) is 0.165. The Morgan fingerprint density at radius 3 is 2.65 bits per heavy atom. The molecule has 0 radical (unpaired) electrons. The van der Waals surface area contributed by atoms with Gasteiger partial charge in [-0.15, -0.1) is 0 Å². The van der Waals surface area contributed by atoms with E-state index in [1.165, 1.54) is 6.07 Å². The van der Waals surface area contributed by atoms with Crippen LogP contribution in [0.2, 0.25) is 0 Å². The third-order valence-electron chi connectivity index (χ3n) is 3.34. The second-order valence-corrected chi connectivity index (χ2v) is 5.50. The summed E-state index contributed by atoms with van der Waals surface area (Å²) in [6.45, 7) is 0.458. The fourth-order valence-corrected chi connectivity index (χ4v) is 2.74. The average molecular weight is 334 g/mol. The van der Waals surface area contributed by atoms with E-state index in [0.29, 0.717) is 18.1 Å². The highest BCUT2D eigenvalue weighted by molar-refractivity contribution is 9.10. The van der Waals surface area contributed by atoms with Crippen LogP contribution in [0, 0.1) is 5.82 Å². The van der Waals surface area contributed by atoms with Gasteiger partial charge in [0.2, 0.25) is 0 Å². The van der Waals surface area contributed by atoms with Gasteiger partial charge in [0.1, 0.15) is 5.82 Å². The van der Waals surface area contributed by atoms with Crippen LogP contribution in [0.1, 0.15) is 11.6 Å². The van der Waals surface area contributed by atoms with Crippen molar-refractivity contribution >= 4 is 27.6 Å². The quantitative estimate of drug-likeness (QED) is 0.914. The van der Waals surface area contributed by atoms with E-state index in [1.807, 2.05) is 41.3 Å². The number of hydrogen-bond acceptors (Lipinski definition) is 3. The first kappa shape index (κ1) is 13.1. The van der Waals surface area contributed by atoms with Gasteiger partial charge in [0, 0.05) is 15.7 Å². The largest absolute Gasteiger partial charge is 0.369 e. The molecule has 0 bridgehead atoms. The monoisotopic (exact) mass is 333 g/mol. The van der Waals surface area contributed by atoms with Gasteiger partial charge in [-0.25, -0.2) is 4.39 Å². The molecule has 20 heavy (non-hydrogen) atoms. The summed E-state index contributed by atoms with van der Waals surface area (Å²) in [6.07, 6.45) is 0. The normalized spacial score (nSPS) is 18.2. The first-order valence-electron chi connectivity index (χ1n) is 6.26. The minimum Gasteiger partial charge on any atom is -0.369 e. The van der Waals surface area contributed by atoms with Crippen LogP contribution in [0.3, 0.4) is 0 Å². The Balaban J connectivity index is 2.01. The van der Waals surface area contributed by atoms with Crippen LogP contribution in [0.25, 0.3) is 0 Å². The molecule has 1 atom stereocenters. The molecule has 1 unspecified atom stereocenters. The van der Waals surface area contributed by atoms with Crippen LogP contribution in [0.15, 0.2) is 58.0 Å². The van der Waals surface area contributed by atoms with Crippen LogP contribution in [0.4, 0.5) is 10.1 Å². The number of nitrogens with zero attached hydrogens (tertiary/aromatic N) is 2. The highest BCUT2D eigenvalue weighted by Gasteiger charge is 2.30. The molecule has 1 aliphatic rings. The Morgan fingerprint density at radius 1 is 1.20 bits per heavy atom. The maximum atomic E-state index is 14.2. The molecular formula is C15H13BrFN3. The van der Waals surface area contributed by atoms with Crippen LogP contribution in [-0.2, 0) is 0 Å². The Morgan fingerprint density at radius 2 is 1.95 bits per heavy atom. The lowest BCUT2D eigenvalue weighted by Gasteiger charge is -2.27. The van der Waals surface area contributed by atoms with E-state index in [-0.39, 0.29) is 11.9 Å². The standard InChI is InChI=1S/C15H13BrFN3/c16-10-6-7-12(13(17)8-10)14-9-19-15(18)20(14)11-4-2-1-3-5-11/h1-8,14H,9H2,(H2,18,19). The summed E-state index contributed by atoms with van der Waals surface area (Å²) in [7, 11) is 0. The summed E-state index contributed by atoms with van der Waals surface area (Å²) in [4.78, 5) is 6.12. The number of benzene rings is 2. The second kappa shape index (κ2) is 5.25. The zero-order valence-corrected chi connectivity index (χ0v) is 12.2. The van der Waals surface area contributed by atoms with Gasteiger partial charge in [-0.2, -0.15) is 0 Å². The topological polar surface area (TPSA) is 41.6 Å².